The maximum absolute atomic E-state index is 12.3. The summed E-state index contributed by atoms with van der Waals surface area (Å²) in [4.78, 5) is 24.3. The fourth-order valence-electron chi connectivity index (χ4n) is 2.22. The Hall–Kier alpha value is -1.40. The van der Waals surface area contributed by atoms with Crippen LogP contribution in [0.4, 0.5) is 0 Å². The highest BCUT2D eigenvalue weighted by molar-refractivity contribution is 7.10. The first-order chi connectivity index (χ1) is 9.03. The minimum atomic E-state index is -1.02. The Bertz CT molecular complexity index is 452. The molecule has 1 saturated heterocycles. The molecule has 0 aliphatic carbocycles. The van der Waals surface area contributed by atoms with Crippen LogP contribution < -0.4 is 10.6 Å². The van der Waals surface area contributed by atoms with E-state index in [-0.39, 0.29) is 5.91 Å². The molecule has 3 N–H and O–H groups in total. The highest BCUT2D eigenvalue weighted by atomic mass is 32.1. The molecule has 1 aromatic heterocycles. The first-order valence-corrected chi connectivity index (χ1v) is 7.19. The zero-order valence-corrected chi connectivity index (χ0v) is 11.6. The lowest BCUT2D eigenvalue weighted by Crippen LogP contribution is -2.47. The van der Waals surface area contributed by atoms with Crippen LogP contribution in [-0.2, 0) is 9.59 Å². The van der Waals surface area contributed by atoms with Crippen molar-refractivity contribution < 1.29 is 14.7 Å². The average Bonchev–Trinajstić information content (AvgIpc) is 2.89. The first kappa shape index (κ1) is 14.0. The number of carboxylic acid groups (broad SMARTS) is 1. The molecule has 5 nitrogen and oxygen atoms in total. The van der Waals surface area contributed by atoms with Gasteiger partial charge in [-0.15, -0.1) is 11.3 Å². The van der Waals surface area contributed by atoms with Crippen molar-refractivity contribution in [2.75, 3.05) is 13.1 Å². The number of carboxylic acids is 1. The van der Waals surface area contributed by atoms with Crippen LogP contribution in [0, 0.1) is 5.41 Å². The van der Waals surface area contributed by atoms with E-state index < -0.39 is 17.4 Å². The Morgan fingerprint density at radius 1 is 1.47 bits per heavy atom. The summed E-state index contributed by atoms with van der Waals surface area (Å²) < 4.78 is 0. The minimum Gasteiger partial charge on any atom is -0.479 e. The molecule has 0 spiro atoms. The maximum atomic E-state index is 12.3. The summed E-state index contributed by atoms with van der Waals surface area (Å²) in [5.74, 6) is -1.19. The fourth-order valence-corrected chi connectivity index (χ4v) is 2.99. The molecule has 104 valence electrons. The summed E-state index contributed by atoms with van der Waals surface area (Å²) in [7, 11) is 0. The number of carbonyl (C=O) groups excluding carboxylic acids is 1. The number of thiophene rings is 1. The standard InChI is InChI=1S/C13H18N2O3S/c1-13(4-6-14-7-5-13)12(18)15-10(11(16)17)9-3-2-8-19-9/h2-3,8,10,14H,4-7H2,1H3,(H,15,18)(H,16,17). The highest BCUT2D eigenvalue weighted by Crippen LogP contribution is 2.29. The van der Waals surface area contributed by atoms with Crippen molar-refractivity contribution >= 4 is 23.2 Å². The van der Waals surface area contributed by atoms with Gasteiger partial charge in [0.15, 0.2) is 6.04 Å². The van der Waals surface area contributed by atoms with E-state index in [4.69, 9.17) is 0 Å². The molecule has 1 aromatic rings. The van der Waals surface area contributed by atoms with E-state index in [2.05, 4.69) is 10.6 Å². The highest BCUT2D eigenvalue weighted by Gasteiger charge is 2.37. The van der Waals surface area contributed by atoms with Crippen LogP contribution in [0.2, 0.25) is 0 Å². The van der Waals surface area contributed by atoms with Crippen molar-refractivity contribution in [2.24, 2.45) is 5.41 Å². The number of piperidine rings is 1. The molecule has 19 heavy (non-hydrogen) atoms. The lowest BCUT2D eigenvalue weighted by molar-refractivity contribution is -0.144. The molecule has 2 heterocycles. The topological polar surface area (TPSA) is 78.4 Å². The van der Waals surface area contributed by atoms with Crippen molar-refractivity contribution in [3.8, 4) is 0 Å². The third kappa shape index (κ3) is 3.13. The Labute approximate surface area is 116 Å². The zero-order valence-electron chi connectivity index (χ0n) is 10.8. The predicted molar refractivity (Wildman–Crippen MR) is 73.0 cm³/mol. The van der Waals surface area contributed by atoms with Crippen molar-refractivity contribution in [2.45, 2.75) is 25.8 Å². The lowest BCUT2D eigenvalue weighted by Gasteiger charge is -2.33. The molecule has 1 fully saturated rings. The van der Waals surface area contributed by atoms with Gasteiger partial charge in [0.1, 0.15) is 0 Å². The number of hydrogen-bond donors (Lipinski definition) is 3. The van der Waals surface area contributed by atoms with Gasteiger partial charge >= 0.3 is 5.97 Å². The summed E-state index contributed by atoms with van der Waals surface area (Å²) in [6.07, 6.45) is 1.46. The van der Waals surface area contributed by atoms with Crippen molar-refractivity contribution in [1.82, 2.24) is 10.6 Å². The number of rotatable bonds is 4. The van der Waals surface area contributed by atoms with E-state index in [1.165, 1.54) is 11.3 Å². The summed E-state index contributed by atoms with van der Waals surface area (Å²) in [6.45, 7) is 3.48. The minimum absolute atomic E-state index is 0.171. The average molecular weight is 282 g/mol. The number of carbonyl (C=O) groups is 2. The van der Waals surface area contributed by atoms with Gasteiger partial charge in [-0.3, -0.25) is 4.79 Å². The molecule has 1 aliphatic heterocycles. The number of amides is 1. The van der Waals surface area contributed by atoms with Crippen molar-refractivity contribution in [3.05, 3.63) is 22.4 Å². The van der Waals surface area contributed by atoms with Crippen LogP contribution in [0.1, 0.15) is 30.7 Å². The maximum Gasteiger partial charge on any atom is 0.331 e. The first-order valence-electron chi connectivity index (χ1n) is 6.31. The van der Waals surface area contributed by atoms with Gasteiger partial charge in [-0.2, -0.15) is 0 Å². The molecule has 1 unspecified atom stereocenters. The third-order valence-corrected chi connectivity index (χ3v) is 4.54. The normalized spacial score (nSPS) is 19.6. The molecule has 1 amide bonds. The van der Waals surface area contributed by atoms with Gasteiger partial charge in [0.05, 0.1) is 0 Å². The van der Waals surface area contributed by atoms with Gasteiger partial charge in [-0.25, -0.2) is 4.79 Å². The number of hydrogen-bond acceptors (Lipinski definition) is 4. The van der Waals surface area contributed by atoms with Gasteiger partial charge in [0.2, 0.25) is 5.91 Å². The van der Waals surface area contributed by atoms with E-state index in [0.29, 0.717) is 4.88 Å². The zero-order chi connectivity index (χ0) is 13.9. The van der Waals surface area contributed by atoms with E-state index in [9.17, 15) is 14.7 Å². The van der Waals surface area contributed by atoms with Gasteiger partial charge in [0.25, 0.3) is 0 Å². The van der Waals surface area contributed by atoms with Crippen LogP contribution in [0.3, 0.4) is 0 Å². The smallest absolute Gasteiger partial charge is 0.331 e. The predicted octanol–water partition coefficient (Wildman–Crippen LogP) is 1.38. The van der Waals surface area contributed by atoms with Crippen molar-refractivity contribution in [3.63, 3.8) is 0 Å². The van der Waals surface area contributed by atoms with Crippen LogP contribution >= 0.6 is 11.3 Å². The summed E-state index contributed by atoms with van der Waals surface area (Å²) in [6, 6.07) is 2.57. The molecular formula is C13H18N2O3S. The third-order valence-electron chi connectivity index (χ3n) is 3.61. The van der Waals surface area contributed by atoms with Gasteiger partial charge in [-0.05, 0) is 37.4 Å². The van der Waals surface area contributed by atoms with Gasteiger partial charge in [0, 0.05) is 10.3 Å². The largest absolute Gasteiger partial charge is 0.479 e. The van der Waals surface area contributed by atoms with Crippen LogP contribution in [0.5, 0.6) is 0 Å². The SMILES string of the molecule is CC1(C(=O)NC(C(=O)O)c2cccs2)CCNCC1. The second kappa shape index (κ2) is 5.71. The molecular weight excluding hydrogens is 264 g/mol. The Balaban J connectivity index is 2.09. The summed E-state index contributed by atoms with van der Waals surface area (Å²) >= 11 is 1.34. The fraction of sp³-hybridized carbons (Fsp3) is 0.538. The molecule has 2 rings (SSSR count). The van der Waals surface area contributed by atoms with Crippen LogP contribution in [-0.4, -0.2) is 30.1 Å². The van der Waals surface area contributed by atoms with Crippen LogP contribution in [0.25, 0.3) is 0 Å². The van der Waals surface area contributed by atoms with Crippen molar-refractivity contribution in [1.29, 1.82) is 0 Å². The van der Waals surface area contributed by atoms with E-state index in [1.54, 1.807) is 12.1 Å². The summed E-state index contributed by atoms with van der Waals surface area (Å²) in [5, 5.41) is 16.9. The van der Waals surface area contributed by atoms with E-state index in [1.807, 2.05) is 12.3 Å². The molecule has 0 aromatic carbocycles. The van der Waals surface area contributed by atoms with Gasteiger partial charge in [-0.1, -0.05) is 13.0 Å². The number of nitrogens with one attached hydrogen (secondary N) is 2. The lowest BCUT2D eigenvalue weighted by atomic mass is 9.80. The molecule has 0 radical (unpaired) electrons. The van der Waals surface area contributed by atoms with Gasteiger partial charge < -0.3 is 15.7 Å². The van der Waals surface area contributed by atoms with E-state index >= 15 is 0 Å². The quantitative estimate of drug-likeness (QED) is 0.779. The Kier molecular flexibility index (Phi) is 4.21. The monoisotopic (exact) mass is 282 g/mol. The molecule has 1 atom stereocenters. The van der Waals surface area contributed by atoms with E-state index in [0.717, 1.165) is 25.9 Å². The number of aliphatic carboxylic acids is 1. The second-order valence-corrected chi connectivity index (χ2v) is 6.05. The molecule has 0 bridgehead atoms. The molecule has 6 heteroatoms. The molecule has 1 aliphatic rings. The van der Waals surface area contributed by atoms with Crippen LogP contribution in [0.15, 0.2) is 17.5 Å². The Morgan fingerprint density at radius 3 is 2.68 bits per heavy atom. The molecule has 0 saturated carbocycles. The Morgan fingerprint density at radius 2 is 2.16 bits per heavy atom. The second-order valence-electron chi connectivity index (χ2n) is 5.07. The summed E-state index contributed by atoms with van der Waals surface area (Å²) in [5.41, 5.74) is -0.476.